The van der Waals surface area contributed by atoms with E-state index in [9.17, 15) is 44.7 Å². The van der Waals surface area contributed by atoms with Crippen LogP contribution in [0.3, 0.4) is 0 Å². The smallest absolute Gasteiger partial charge is 0.381 e. The molecular weight excluding hydrogens is 468 g/mol. The molecule has 0 N–H and O–H groups in total. The molecule has 0 spiro atoms. The van der Waals surface area contributed by atoms with Crippen LogP contribution in [-0.2, 0) is 19.1 Å². The number of hydrogen-bond acceptors (Lipinski definition) is 4. The summed E-state index contributed by atoms with van der Waals surface area (Å²) in [5.41, 5.74) is 0.506. The predicted octanol–water partition coefficient (Wildman–Crippen LogP) is 4.79. The van der Waals surface area contributed by atoms with E-state index in [1.54, 1.807) is 6.08 Å². The Morgan fingerprint density at radius 1 is 1.00 bits per heavy atom. The number of rotatable bonds is 8. The van der Waals surface area contributed by atoms with Crippen LogP contribution in [0.1, 0.15) is 25.7 Å². The molecule has 184 valence electrons. The van der Waals surface area contributed by atoms with E-state index in [-0.39, 0.29) is 24.2 Å². The molecule has 0 aromatic rings. The highest BCUT2D eigenvalue weighted by atomic mass is 19.4. The van der Waals surface area contributed by atoms with E-state index < -0.39 is 60.7 Å². The second kappa shape index (κ2) is 7.97. The molecule has 6 unspecified atom stereocenters. The lowest BCUT2D eigenvalue weighted by Crippen LogP contribution is -2.59. The minimum absolute atomic E-state index is 0.0443. The van der Waals surface area contributed by atoms with Crippen molar-refractivity contribution in [3.63, 3.8) is 0 Å². The molecule has 4 aliphatic rings. The molecule has 0 saturated heterocycles. The van der Waals surface area contributed by atoms with Crippen molar-refractivity contribution in [3.05, 3.63) is 23.8 Å². The van der Waals surface area contributed by atoms with Crippen LogP contribution in [0.5, 0.6) is 0 Å². The number of carbonyl (C=O) groups excluding carboxylic acids is 2. The fourth-order valence-electron chi connectivity index (χ4n) is 5.29. The van der Waals surface area contributed by atoms with Crippen LogP contribution < -0.4 is 0 Å². The maximum atomic E-state index is 13.7. The van der Waals surface area contributed by atoms with Crippen molar-refractivity contribution in [2.24, 2.45) is 29.6 Å². The Balaban J connectivity index is 1.35. The largest absolute Gasteiger partial charge is 0.459 e. The van der Waals surface area contributed by atoms with Gasteiger partial charge in [-0.3, -0.25) is 4.79 Å². The number of esters is 2. The van der Waals surface area contributed by atoms with Gasteiger partial charge >= 0.3 is 36.1 Å². The lowest BCUT2D eigenvalue weighted by atomic mass is 9.86. The molecule has 33 heavy (non-hydrogen) atoms. The number of ether oxygens (including phenoxy) is 2. The Bertz CT molecular complexity index is 883. The number of halogens is 8. The third-order valence-electron chi connectivity index (χ3n) is 7.01. The molecule has 0 radical (unpaired) electrons. The molecule has 12 heteroatoms. The van der Waals surface area contributed by atoms with Gasteiger partial charge in [0.05, 0.1) is 5.92 Å². The number of carbonyl (C=O) groups is 2. The summed E-state index contributed by atoms with van der Waals surface area (Å²) in [6.45, 7) is -2.48. The fraction of sp³-hybridized carbons (Fsp3) is 0.714. The zero-order chi connectivity index (χ0) is 24.3. The summed E-state index contributed by atoms with van der Waals surface area (Å²) in [4.78, 5) is 24.8. The highest BCUT2D eigenvalue weighted by molar-refractivity contribution is 5.91. The van der Waals surface area contributed by atoms with E-state index >= 15 is 0 Å². The first-order valence-corrected chi connectivity index (χ1v) is 10.4. The quantitative estimate of drug-likeness (QED) is 0.280. The maximum Gasteiger partial charge on any atom is 0.381 e. The number of allylic oxidation sites excluding steroid dienone is 3. The molecule has 0 heterocycles. The highest BCUT2D eigenvalue weighted by Crippen LogP contribution is 2.52. The molecular formula is C21H20F8O4. The molecule has 6 atom stereocenters. The van der Waals surface area contributed by atoms with Gasteiger partial charge in [-0.25, -0.2) is 13.6 Å². The fourth-order valence-corrected chi connectivity index (χ4v) is 5.29. The minimum atomic E-state index is -6.44. The van der Waals surface area contributed by atoms with E-state index in [1.807, 2.05) is 12.2 Å². The van der Waals surface area contributed by atoms with Crippen LogP contribution in [0.15, 0.2) is 23.8 Å². The molecule has 0 amide bonds. The SMILES string of the molecule is O=C(OC1CC2CC(C(=O)OCC(F)(F)C(F)(F)C(F)(F)C(F)F)C1C2)C1=CC2C=CC1C2. The van der Waals surface area contributed by atoms with Crippen molar-refractivity contribution in [1.29, 1.82) is 0 Å². The predicted molar refractivity (Wildman–Crippen MR) is 94.8 cm³/mol. The van der Waals surface area contributed by atoms with Gasteiger partial charge in [-0.1, -0.05) is 18.2 Å². The summed E-state index contributed by atoms with van der Waals surface area (Å²) >= 11 is 0. The summed E-state index contributed by atoms with van der Waals surface area (Å²) in [7, 11) is 0. The molecule has 2 saturated carbocycles. The molecule has 0 aromatic heterocycles. The zero-order valence-corrected chi connectivity index (χ0v) is 17.0. The first kappa shape index (κ1) is 24.0. The third-order valence-corrected chi connectivity index (χ3v) is 7.01. The summed E-state index contributed by atoms with van der Waals surface area (Å²) in [6, 6.07) is 0. The summed E-state index contributed by atoms with van der Waals surface area (Å²) < 4.78 is 114. The van der Waals surface area contributed by atoms with E-state index in [0.717, 1.165) is 6.42 Å². The Morgan fingerprint density at radius 2 is 1.70 bits per heavy atom. The van der Waals surface area contributed by atoms with E-state index in [4.69, 9.17) is 4.74 Å². The van der Waals surface area contributed by atoms with Crippen molar-refractivity contribution in [1.82, 2.24) is 0 Å². The van der Waals surface area contributed by atoms with Crippen molar-refractivity contribution in [3.8, 4) is 0 Å². The van der Waals surface area contributed by atoms with Crippen LogP contribution in [0.2, 0.25) is 0 Å². The lowest BCUT2D eigenvalue weighted by Gasteiger charge is -2.32. The van der Waals surface area contributed by atoms with Gasteiger partial charge in [0.2, 0.25) is 0 Å². The highest BCUT2D eigenvalue weighted by Gasteiger charge is 2.75. The second-order valence-corrected chi connectivity index (χ2v) is 9.11. The van der Waals surface area contributed by atoms with Gasteiger partial charge < -0.3 is 9.47 Å². The standard InChI is InChI=1S/C21H20F8O4/c22-18(23)20(26,27)21(28,29)19(24,25)8-32-16(30)14-6-10-5-13(14)15(7-10)33-17(31)12-4-9-1-2-11(12)3-9/h1-2,4,9-11,13-15,18H,3,5-8H2. The van der Waals surface area contributed by atoms with Crippen LogP contribution >= 0.6 is 0 Å². The van der Waals surface area contributed by atoms with Gasteiger partial charge in [0, 0.05) is 17.4 Å². The first-order chi connectivity index (χ1) is 15.2. The van der Waals surface area contributed by atoms with Gasteiger partial charge in [-0.05, 0) is 37.5 Å². The van der Waals surface area contributed by atoms with E-state index in [2.05, 4.69) is 4.74 Å². The minimum Gasteiger partial charge on any atom is -0.459 e. The average Bonchev–Trinajstić information content (AvgIpc) is 3.52. The zero-order valence-electron chi connectivity index (χ0n) is 17.0. The second-order valence-electron chi connectivity index (χ2n) is 9.11. The molecule has 0 aromatic carbocycles. The summed E-state index contributed by atoms with van der Waals surface area (Å²) in [6.07, 6.45) is 1.72. The number of hydrogen-bond donors (Lipinski definition) is 0. The van der Waals surface area contributed by atoms with Gasteiger partial charge in [0.25, 0.3) is 0 Å². The Hall–Kier alpha value is -2.14. The van der Waals surface area contributed by atoms with Gasteiger partial charge in [0.1, 0.15) is 6.10 Å². The molecule has 4 rings (SSSR count). The van der Waals surface area contributed by atoms with Crippen LogP contribution in [0, 0.1) is 29.6 Å². The van der Waals surface area contributed by atoms with E-state index in [0.29, 0.717) is 18.4 Å². The molecule has 4 bridgehead atoms. The average molecular weight is 488 g/mol. The third kappa shape index (κ3) is 3.92. The number of fused-ring (bicyclic) bond motifs is 4. The Labute approximate surface area is 183 Å². The van der Waals surface area contributed by atoms with Crippen molar-refractivity contribution >= 4 is 11.9 Å². The topological polar surface area (TPSA) is 52.6 Å². The van der Waals surface area contributed by atoms with E-state index in [1.165, 1.54) is 0 Å². The Morgan fingerprint density at radius 3 is 2.24 bits per heavy atom. The van der Waals surface area contributed by atoms with Crippen LogP contribution in [0.25, 0.3) is 0 Å². The van der Waals surface area contributed by atoms with Crippen molar-refractivity contribution in [2.45, 2.75) is 56.0 Å². The maximum absolute atomic E-state index is 13.7. The van der Waals surface area contributed by atoms with Gasteiger partial charge in [-0.15, -0.1) is 0 Å². The summed E-state index contributed by atoms with van der Waals surface area (Å²) in [5, 5.41) is 0. The van der Waals surface area contributed by atoms with Crippen LogP contribution in [-0.4, -0.2) is 48.8 Å². The normalized spacial score (nSPS) is 33.1. The van der Waals surface area contributed by atoms with Crippen LogP contribution in [0.4, 0.5) is 35.1 Å². The molecule has 2 fully saturated rings. The van der Waals surface area contributed by atoms with Crippen molar-refractivity contribution in [2.75, 3.05) is 6.61 Å². The van der Waals surface area contributed by atoms with Gasteiger partial charge in [0.15, 0.2) is 6.61 Å². The molecule has 0 aliphatic heterocycles. The number of alkyl halides is 8. The first-order valence-electron chi connectivity index (χ1n) is 10.4. The lowest BCUT2D eigenvalue weighted by molar-refractivity contribution is -0.344. The molecule has 4 aliphatic carbocycles. The van der Waals surface area contributed by atoms with Gasteiger partial charge in [-0.2, -0.15) is 26.3 Å². The summed E-state index contributed by atoms with van der Waals surface area (Å²) in [5.74, 6) is -22.0. The monoisotopic (exact) mass is 488 g/mol. The molecule has 4 nitrogen and oxygen atoms in total. The Kier molecular flexibility index (Phi) is 5.80. The van der Waals surface area contributed by atoms with Crippen molar-refractivity contribution < 1.29 is 54.2 Å².